The summed E-state index contributed by atoms with van der Waals surface area (Å²) in [6, 6.07) is 1.60. The van der Waals surface area contributed by atoms with E-state index in [1.54, 1.807) is 0 Å². The second-order valence-electron chi connectivity index (χ2n) is 6.45. The summed E-state index contributed by atoms with van der Waals surface area (Å²) in [5.74, 6) is 2.51. The van der Waals surface area contributed by atoms with E-state index >= 15 is 0 Å². The van der Waals surface area contributed by atoms with Crippen LogP contribution in [0.3, 0.4) is 0 Å². The fraction of sp³-hybridized carbons (Fsp3) is 1.00. The van der Waals surface area contributed by atoms with Crippen LogP contribution in [-0.4, -0.2) is 53.8 Å². The van der Waals surface area contributed by atoms with Gasteiger partial charge in [0.2, 0.25) is 0 Å². The van der Waals surface area contributed by atoms with Crippen molar-refractivity contribution in [3.8, 4) is 0 Å². The van der Waals surface area contributed by atoms with Gasteiger partial charge in [-0.3, -0.25) is 4.90 Å². The minimum Gasteiger partial charge on any atom is -0.374 e. The van der Waals surface area contributed by atoms with Crippen molar-refractivity contribution in [3.63, 3.8) is 0 Å². The summed E-state index contributed by atoms with van der Waals surface area (Å²) < 4.78 is 6.17. The van der Waals surface area contributed by atoms with E-state index in [4.69, 9.17) is 10.5 Å². The van der Waals surface area contributed by atoms with E-state index in [-0.39, 0.29) is 5.60 Å². The normalized spacial score (nSPS) is 36.0. The Bertz CT molecular complexity index is 290. The molecule has 3 fully saturated rings. The molecular weight excluding hydrogens is 256 g/mol. The van der Waals surface area contributed by atoms with Crippen LogP contribution < -0.4 is 5.73 Å². The predicted octanol–water partition coefficient (Wildman–Crippen LogP) is 2.24. The first kappa shape index (κ1) is 14.2. The van der Waals surface area contributed by atoms with Gasteiger partial charge in [-0.05, 0) is 57.4 Å². The molecule has 110 valence electrons. The van der Waals surface area contributed by atoms with Gasteiger partial charge in [0.05, 0.1) is 5.60 Å². The number of ether oxygens (including phenoxy) is 1. The SMILES string of the molecule is NCCCN(C1CCC1)C1CCOC2(CCSC2)C1. The van der Waals surface area contributed by atoms with E-state index < -0.39 is 0 Å². The average molecular weight is 284 g/mol. The van der Waals surface area contributed by atoms with Crippen molar-refractivity contribution >= 4 is 11.8 Å². The minimum absolute atomic E-state index is 0.221. The Morgan fingerprint density at radius 1 is 1.26 bits per heavy atom. The molecule has 2 saturated heterocycles. The molecule has 0 bridgehead atoms. The summed E-state index contributed by atoms with van der Waals surface area (Å²) in [5.41, 5.74) is 5.95. The highest BCUT2D eigenvalue weighted by Crippen LogP contribution is 2.41. The van der Waals surface area contributed by atoms with Gasteiger partial charge in [0, 0.05) is 24.4 Å². The van der Waals surface area contributed by atoms with Gasteiger partial charge in [-0.25, -0.2) is 0 Å². The number of hydrogen-bond donors (Lipinski definition) is 1. The Morgan fingerprint density at radius 3 is 2.79 bits per heavy atom. The highest BCUT2D eigenvalue weighted by molar-refractivity contribution is 7.99. The van der Waals surface area contributed by atoms with Crippen molar-refractivity contribution < 1.29 is 4.74 Å². The molecular formula is C15H28N2OS. The molecule has 1 aliphatic carbocycles. The Balaban J connectivity index is 1.63. The predicted molar refractivity (Wildman–Crippen MR) is 81.7 cm³/mol. The largest absolute Gasteiger partial charge is 0.374 e. The number of hydrogen-bond acceptors (Lipinski definition) is 4. The van der Waals surface area contributed by atoms with Gasteiger partial charge in [0.1, 0.15) is 0 Å². The second kappa shape index (κ2) is 6.33. The van der Waals surface area contributed by atoms with Gasteiger partial charge in [-0.1, -0.05) is 6.42 Å². The van der Waals surface area contributed by atoms with Gasteiger partial charge < -0.3 is 10.5 Å². The van der Waals surface area contributed by atoms with E-state index in [1.807, 2.05) is 0 Å². The third-order valence-corrected chi connectivity index (χ3v) is 6.39. The highest BCUT2D eigenvalue weighted by Gasteiger charge is 2.43. The molecule has 2 N–H and O–H groups in total. The lowest BCUT2D eigenvalue weighted by molar-refractivity contribution is -0.0998. The fourth-order valence-electron chi connectivity index (χ4n) is 3.80. The van der Waals surface area contributed by atoms with Gasteiger partial charge in [0.15, 0.2) is 0 Å². The van der Waals surface area contributed by atoms with E-state index in [1.165, 1.54) is 56.6 Å². The van der Waals surface area contributed by atoms with Crippen LogP contribution in [0.25, 0.3) is 0 Å². The molecule has 0 aromatic carbocycles. The minimum atomic E-state index is 0.221. The summed E-state index contributed by atoms with van der Waals surface area (Å²) in [6.45, 7) is 3.00. The third-order valence-electron chi connectivity index (χ3n) is 5.17. The van der Waals surface area contributed by atoms with Crippen LogP contribution in [0.2, 0.25) is 0 Å². The zero-order valence-corrected chi connectivity index (χ0v) is 12.8. The van der Waals surface area contributed by atoms with Crippen LogP contribution in [-0.2, 0) is 4.74 Å². The first-order valence-electron chi connectivity index (χ1n) is 8.00. The lowest BCUT2D eigenvalue weighted by Crippen LogP contribution is -2.54. The first-order valence-corrected chi connectivity index (χ1v) is 9.16. The van der Waals surface area contributed by atoms with Crippen LogP contribution in [0.15, 0.2) is 0 Å². The Morgan fingerprint density at radius 2 is 2.16 bits per heavy atom. The summed E-state index contributed by atoms with van der Waals surface area (Å²) in [4.78, 5) is 2.80. The molecule has 3 aliphatic rings. The molecule has 2 aliphatic heterocycles. The molecule has 2 unspecified atom stereocenters. The lowest BCUT2D eigenvalue weighted by Gasteiger charge is -2.48. The maximum Gasteiger partial charge on any atom is 0.0795 e. The van der Waals surface area contributed by atoms with Gasteiger partial charge >= 0.3 is 0 Å². The second-order valence-corrected chi connectivity index (χ2v) is 7.55. The van der Waals surface area contributed by atoms with Gasteiger partial charge in [-0.15, -0.1) is 0 Å². The molecule has 19 heavy (non-hydrogen) atoms. The molecule has 0 aromatic heterocycles. The Hall–Kier alpha value is 0.230. The lowest BCUT2D eigenvalue weighted by atomic mass is 9.84. The number of nitrogens with two attached hydrogens (primary N) is 1. The van der Waals surface area contributed by atoms with Crippen molar-refractivity contribution in [1.82, 2.24) is 4.90 Å². The summed E-state index contributed by atoms with van der Waals surface area (Å²) in [7, 11) is 0. The van der Waals surface area contributed by atoms with Gasteiger partial charge in [0.25, 0.3) is 0 Å². The summed E-state index contributed by atoms with van der Waals surface area (Å²) >= 11 is 2.08. The fourth-order valence-corrected chi connectivity index (χ4v) is 5.18. The van der Waals surface area contributed by atoms with E-state index in [9.17, 15) is 0 Å². The van der Waals surface area contributed by atoms with Crippen molar-refractivity contribution in [2.24, 2.45) is 5.73 Å². The molecule has 0 aromatic rings. The summed E-state index contributed by atoms with van der Waals surface area (Å²) in [6.07, 6.45) is 9.15. The van der Waals surface area contributed by atoms with Crippen molar-refractivity contribution in [1.29, 1.82) is 0 Å². The van der Waals surface area contributed by atoms with Crippen LogP contribution in [0, 0.1) is 0 Å². The topological polar surface area (TPSA) is 38.5 Å². The maximum atomic E-state index is 6.17. The highest BCUT2D eigenvalue weighted by atomic mass is 32.2. The number of nitrogens with zero attached hydrogens (tertiary/aromatic N) is 1. The van der Waals surface area contributed by atoms with E-state index in [0.29, 0.717) is 0 Å². The monoisotopic (exact) mass is 284 g/mol. The molecule has 3 nitrogen and oxygen atoms in total. The van der Waals surface area contributed by atoms with Crippen molar-refractivity contribution in [3.05, 3.63) is 0 Å². The molecule has 1 spiro atoms. The number of thioether (sulfide) groups is 1. The van der Waals surface area contributed by atoms with Crippen LogP contribution in [0.1, 0.15) is 44.9 Å². The maximum absolute atomic E-state index is 6.17. The summed E-state index contributed by atoms with van der Waals surface area (Å²) in [5, 5.41) is 0. The van der Waals surface area contributed by atoms with Crippen LogP contribution in [0.5, 0.6) is 0 Å². The van der Waals surface area contributed by atoms with E-state index in [2.05, 4.69) is 16.7 Å². The molecule has 2 heterocycles. The average Bonchev–Trinajstić information content (AvgIpc) is 2.80. The standard InChI is InChI=1S/C15H28N2OS/c16-7-2-8-17(13-3-1-4-13)14-5-9-18-15(11-14)6-10-19-12-15/h13-14H,1-12,16H2. The van der Waals surface area contributed by atoms with Crippen molar-refractivity contribution in [2.75, 3.05) is 31.2 Å². The quantitative estimate of drug-likeness (QED) is 0.840. The molecule has 0 amide bonds. The zero-order valence-electron chi connectivity index (χ0n) is 12.0. The number of rotatable bonds is 5. The molecule has 2 atom stereocenters. The third kappa shape index (κ3) is 3.12. The molecule has 1 saturated carbocycles. The van der Waals surface area contributed by atoms with Crippen LogP contribution >= 0.6 is 11.8 Å². The molecule has 3 rings (SSSR count). The Labute approximate surface area is 121 Å². The van der Waals surface area contributed by atoms with Crippen molar-refractivity contribution in [2.45, 2.75) is 62.6 Å². The van der Waals surface area contributed by atoms with Gasteiger partial charge in [-0.2, -0.15) is 11.8 Å². The zero-order chi connectivity index (χ0) is 13.1. The smallest absolute Gasteiger partial charge is 0.0795 e. The Kier molecular flexibility index (Phi) is 4.73. The van der Waals surface area contributed by atoms with E-state index in [0.717, 1.165) is 31.7 Å². The first-order chi connectivity index (χ1) is 9.33. The van der Waals surface area contributed by atoms with Crippen LogP contribution in [0.4, 0.5) is 0 Å². The molecule has 4 heteroatoms. The molecule has 0 radical (unpaired) electrons.